The van der Waals surface area contributed by atoms with E-state index in [0.717, 1.165) is 43.7 Å². The summed E-state index contributed by atoms with van der Waals surface area (Å²) in [6, 6.07) is 26.7. The number of carbonyl (C=O) groups is 1. The summed E-state index contributed by atoms with van der Waals surface area (Å²) >= 11 is 1.66. The molecule has 1 heterocycles. The van der Waals surface area contributed by atoms with Crippen molar-refractivity contribution in [3.63, 3.8) is 0 Å². The highest BCUT2D eigenvalue weighted by molar-refractivity contribution is 7.12. The molecule has 0 atom stereocenters. The molecule has 0 bridgehead atoms. The molecule has 166 valence electrons. The minimum Gasteiger partial charge on any atom is -0.497 e. The molecule has 0 unspecified atom stereocenters. The monoisotopic (exact) mass is 453 g/mol. The topological polar surface area (TPSA) is 29.5 Å². The second kappa shape index (κ2) is 9.88. The third kappa shape index (κ3) is 5.24. The van der Waals surface area contributed by atoms with Crippen LogP contribution in [-0.2, 0) is 0 Å². The number of benzene rings is 3. The van der Waals surface area contributed by atoms with Gasteiger partial charge in [-0.1, -0.05) is 35.9 Å². The number of ketones is 1. The molecule has 1 aromatic heterocycles. The predicted octanol–water partition coefficient (Wildman–Crippen LogP) is 8.05. The molecule has 0 saturated heterocycles. The number of allylic oxidation sites excluding steroid dienone is 1. The van der Waals surface area contributed by atoms with Gasteiger partial charge in [-0.2, -0.15) is 0 Å². The molecular weight excluding hydrogens is 426 g/mol. The predicted molar refractivity (Wildman–Crippen MR) is 140 cm³/mol. The van der Waals surface area contributed by atoms with Crippen LogP contribution in [0.15, 0.2) is 84.9 Å². The number of methoxy groups -OCH3 is 1. The van der Waals surface area contributed by atoms with Crippen molar-refractivity contribution in [3.05, 3.63) is 111 Å². The van der Waals surface area contributed by atoms with Crippen molar-refractivity contribution in [2.24, 2.45) is 0 Å². The van der Waals surface area contributed by atoms with E-state index in [4.69, 9.17) is 4.74 Å². The molecule has 0 aliphatic carbocycles. The van der Waals surface area contributed by atoms with Crippen LogP contribution in [0.2, 0.25) is 0 Å². The highest BCUT2D eigenvalue weighted by atomic mass is 32.1. The van der Waals surface area contributed by atoms with E-state index in [0.29, 0.717) is 0 Å². The Kier molecular flexibility index (Phi) is 6.76. The number of nitrogens with zero attached hydrogens (tertiary/aromatic N) is 1. The van der Waals surface area contributed by atoms with Gasteiger partial charge in [0.15, 0.2) is 5.78 Å². The smallest absolute Gasteiger partial charge is 0.186 e. The van der Waals surface area contributed by atoms with Gasteiger partial charge in [0.2, 0.25) is 0 Å². The number of aryl methyl sites for hydroxylation is 3. The van der Waals surface area contributed by atoms with Gasteiger partial charge in [-0.05, 0) is 87.0 Å². The molecule has 0 aliphatic rings. The number of thiophene rings is 1. The van der Waals surface area contributed by atoms with Crippen molar-refractivity contribution < 1.29 is 9.53 Å². The molecule has 0 fully saturated rings. The molecule has 3 aromatic carbocycles. The summed E-state index contributed by atoms with van der Waals surface area (Å²) in [5.74, 6) is 0.865. The molecule has 4 rings (SSSR count). The average molecular weight is 454 g/mol. The lowest BCUT2D eigenvalue weighted by Crippen LogP contribution is -2.09. The lowest BCUT2D eigenvalue weighted by atomic mass is 10.1. The minimum atomic E-state index is 0.0421. The van der Waals surface area contributed by atoms with Crippen LogP contribution in [-0.4, -0.2) is 12.9 Å². The highest BCUT2D eigenvalue weighted by Gasteiger charge is 2.13. The maximum absolute atomic E-state index is 12.6. The SMILES string of the molecule is COc1ccc(N(c2ccc(C)cc2)c2ccc(/C=C/C(=O)c3cc(C)sc3C)cc2)cc1. The molecule has 0 N–H and O–H groups in total. The molecule has 0 spiro atoms. The van der Waals surface area contributed by atoms with Crippen LogP contribution in [0, 0.1) is 20.8 Å². The minimum absolute atomic E-state index is 0.0421. The van der Waals surface area contributed by atoms with E-state index in [9.17, 15) is 4.79 Å². The zero-order valence-electron chi connectivity index (χ0n) is 19.3. The third-order valence-electron chi connectivity index (χ3n) is 5.51. The first-order valence-corrected chi connectivity index (χ1v) is 11.7. The lowest BCUT2D eigenvalue weighted by molar-refractivity contribution is 0.104. The number of hydrogen-bond donors (Lipinski definition) is 0. The lowest BCUT2D eigenvalue weighted by Gasteiger charge is -2.26. The fourth-order valence-electron chi connectivity index (χ4n) is 3.74. The second-order valence-corrected chi connectivity index (χ2v) is 9.45. The first kappa shape index (κ1) is 22.6. The number of anilines is 3. The average Bonchev–Trinajstić information content (AvgIpc) is 3.18. The van der Waals surface area contributed by atoms with E-state index < -0.39 is 0 Å². The maximum Gasteiger partial charge on any atom is 0.186 e. The van der Waals surface area contributed by atoms with E-state index in [-0.39, 0.29) is 5.78 Å². The number of hydrogen-bond acceptors (Lipinski definition) is 4. The molecule has 33 heavy (non-hydrogen) atoms. The highest BCUT2D eigenvalue weighted by Crippen LogP contribution is 2.35. The summed E-state index contributed by atoms with van der Waals surface area (Å²) in [5.41, 5.74) is 6.14. The van der Waals surface area contributed by atoms with Gasteiger partial charge in [-0.25, -0.2) is 0 Å². The van der Waals surface area contributed by atoms with Crippen LogP contribution in [0.4, 0.5) is 17.1 Å². The second-order valence-electron chi connectivity index (χ2n) is 7.99. The molecular formula is C29H27NO2S. The molecule has 0 saturated carbocycles. The van der Waals surface area contributed by atoms with Crippen LogP contribution in [0.25, 0.3) is 6.08 Å². The fraction of sp³-hybridized carbons (Fsp3) is 0.138. The van der Waals surface area contributed by atoms with Crippen molar-refractivity contribution >= 4 is 40.3 Å². The van der Waals surface area contributed by atoms with Gasteiger partial charge in [0.1, 0.15) is 5.75 Å². The Balaban J connectivity index is 1.62. The largest absolute Gasteiger partial charge is 0.497 e. The summed E-state index contributed by atoms with van der Waals surface area (Å²) < 4.78 is 5.33. The Bertz CT molecular complexity index is 1270. The summed E-state index contributed by atoms with van der Waals surface area (Å²) in [6.45, 7) is 6.11. The number of rotatable bonds is 7. The number of ether oxygens (including phenoxy) is 1. The van der Waals surface area contributed by atoms with Gasteiger partial charge < -0.3 is 9.64 Å². The Hall–Kier alpha value is -3.63. The van der Waals surface area contributed by atoms with Crippen molar-refractivity contribution in [3.8, 4) is 5.75 Å². The van der Waals surface area contributed by atoms with E-state index in [1.54, 1.807) is 24.5 Å². The molecule has 0 radical (unpaired) electrons. The molecule has 0 amide bonds. The zero-order valence-corrected chi connectivity index (χ0v) is 20.1. The van der Waals surface area contributed by atoms with Crippen molar-refractivity contribution in [1.29, 1.82) is 0 Å². The van der Waals surface area contributed by atoms with Crippen LogP contribution < -0.4 is 9.64 Å². The first-order chi connectivity index (χ1) is 15.9. The summed E-state index contributed by atoms with van der Waals surface area (Å²) in [4.78, 5) is 17.0. The Morgan fingerprint density at radius 1 is 0.818 bits per heavy atom. The van der Waals surface area contributed by atoms with Gasteiger partial charge in [-0.3, -0.25) is 4.79 Å². The maximum atomic E-state index is 12.6. The normalized spacial score (nSPS) is 11.0. The van der Waals surface area contributed by atoms with Gasteiger partial charge in [0, 0.05) is 32.4 Å². The number of carbonyl (C=O) groups excluding carboxylic acids is 1. The molecule has 0 aliphatic heterocycles. The van der Waals surface area contributed by atoms with Crippen LogP contribution >= 0.6 is 11.3 Å². The third-order valence-corrected chi connectivity index (χ3v) is 6.47. The van der Waals surface area contributed by atoms with E-state index in [2.05, 4.69) is 60.4 Å². The van der Waals surface area contributed by atoms with E-state index in [1.807, 2.05) is 50.3 Å². The summed E-state index contributed by atoms with van der Waals surface area (Å²) in [7, 11) is 1.67. The molecule has 4 aromatic rings. The fourth-order valence-corrected chi connectivity index (χ4v) is 4.67. The van der Waals surface area contributed by atoms with Gasteiger partial charge in [0.05, 0.1) is 7.11 Å². The Morgan fingerprint density at radius 3 is 1.88 bits per heavy atom. The quantitative estimate of drug-likeness (QED) is 0.209. The van der Waals surface area contributed by atoms with E-state index in [1.165, 1.54) is 5.56 Å². The van der Waals surface area contributed by atoms with Crippen LogP contribution in [0.1, 0.15) is 31.2 Å². The van der Waals surface area contributed by atoms with Gasteiger partial charge in [-0.15, -0.1) is 11.3 Å². The van der Waals surface area contributed by atoms with Crippen LogP contribution in [0.3, 0.4) is 0 Å². The Morgan fingerprint density at radius 2 is 1.36 bits per heavy atom. The Labute approximate surface area is 199 Å². The molecule has 3 nitrogen and oxygen atoms in total. The van der Waals surface area contributed by atoms with Gasteiger partial charge >= 0.3 is 0 Å². The van der Waals surface area contributed by atoms with Gasteiger partial charge in [0.25, 0.3) is 0 Å². The summed E-state index contributed by atoms with van der Waals surface area (Å²) in [6.07, 6.45) is 3.53. The summed E-state index contributed by atoms with van der Waals surface area (Å²) in [5, 5.41) is 0. The van der Waals surface area contributed by atoms with E-state index >= 15 is 0 Å². The first-order valence-electron chi connectivity index (χ1n) is 10.8. The van der Waals surface area contributed by atoms with Crippen LogP contribution in [0.5, 0.6) is 5.75 Å². The zero-order chi connectivity index (χ0) is 23.4. The molecule has 4 heteroatoms. The standard InChI is InChI=1S/C29H27NO2S/c1-20-5-10-24(11-6-20)30(26-14-16-27(32-4)17-15-26)25-12-7-23(8-13-25)9-18-29(31)28-19-21(2)33-22(28)3/h5-19H,1-4H3/b18-9+. The van der Waals surface area contributed by atoms with Crippen molar-refractivity contribution in [1.82, 2.24) is 0 Å². The van der Waals surface area contributed by atoms with Crippen molar-refractivity contribution in [2.45, 2.75) is 20.8 Å². The van der Waals surface area contributed by atoms with Crippen molar-refractivity contribution in [2.75, 3.05) is 12.0 Å².